The molecule has 0 saturated carbocycles. The molecule has 0 spiro atoms. The normalized spacial score (nSPS) is 20.4. The van der Waals surface area contributed by atoms with Gasteiger partial charge in [-0.25, -0.2) is 9.55 Å². The molecule has 1 aliphatic heterocycles. The van der Waals surface area contributed by atoms with E-state index >= 15 is 0 Å². The van der Waals surface area contributed by atoms with E-state index in [0.29, 0.717) is 0 Å². The molecule has 3 heterocycles. The number of hydrogen-bond acceptors (Lipinski definition) is 12. The number of para-hydroxylation sites is 1. The van der Waals surface area contributed by atoms with Crippen molar-refractivity contribution in [3.63, 3.8) is 0 Å². The Labute approximate surface area is 308 Å². The van der Waals surface area contributed by atoms with Gasteiger partial charge in [-0.1, -0.05) is 78.5 Å². The molecule has 1 saturated heterocycles. The zero-order chi connectivity index (χ0) is 38.2. The van der Waals surface area contributed by atoms with Gasteiger partial charge < -0.3 is 28.6 Å². The topological polar surface area (TPSA) is 182 Å². The maximum Gasteiger partial charge on any atom is 0.459 e. The van der Waals surface area contributed by atoms with Gasteiger partial charge in [0.15, 0.2) is 28.7 Å². The summed E-state index contributed by atoms with van der Waals surface area (Å²) in [5.41, 5.74) is -1.40. The molecule has 0 aliphatic carbocycles. The van der Waals surface area contributed by atoms with Gasteiger partial charge in [-0.3, -0.25) is 18.9 Å². The molecule has 282 valence electrons. The number of imidazole rings is 1. The van der Waals surface area contributed by atoms with E-state index in [1.165, 1.54) is 13.3 Å². The summed E-state index contributed by atoms with van der Waals surface area (Å²) in [5.74, 6) is 0.518. The second-order valence-corrected chi connectivity index (χ2v) is 15.1. The van der Waals surface area contributed by atoms with E-state index in [1.54, 1.807) is 62.6 Å². The number of rotatable bonds is 17. The molecule has 2 N–H and O–H groups in total. The van der Waals surface area contributed by atoms with Crippen LogP contribution in [0, 0.1) is 30.1 Å². The van der Waals surface area contributed by atoms with Crippen LogP contribution in [0.15, 0.2) is 36.7 Å². The number of amides is 1. The van der Waals surface area contributed by atoms with Gasteiger partial charge in [0.25, 0.3) is 0 Å². The molecule has 17 heteroatoms. The number of carbonyl (C=O) groups is 3. The average Bonchev–Trinajstić information content (AvgIpc) is 3.69. The fraction of sp³-hybridized carbons (Fsp3) is 0.543. The molecule has 0 bridgehead atoms. The highest BCUT2D eigenvalue weighted by molar-refractivity contribution is 7.52. The van der Waals surface area contributed by atoms with Crippen LogP contribution in [-0.2, 0) is 37.7 Å². The van der Waals surface area contributed by atoms with Crippen LogP contribution in [0.25, 0.3) is 11.2 Å². The Morgan fingerprint density at radius 3 is 2.40 bits per heavy atom. The van der Waals surface area contributed by atoms with Crippen LogP contribution in [-0.4, -0.2) is 74.9 Å². The van der Waals surface area contributed by atoms with Crippen LogP contribution in [0.5, 0.6) is 5.75 Å². The average molecular weight is 761 g/mol. The monoisotopic (exact) mass is 760 g/mol. The number of hydrogen-bond donors (Lipinski definition) is 2. The van der Waals surface area contributed by atoms with Crippen LogP contribution in [0.4, 0.5) is 5.82 Å². The molecule has 3 aromatic rings. The molecule has 52 heavy (non-hydrogen) atoms. The standard InChI is InChI=1S/C35H46ClN6O9P/c1-9-24(10-2)17-47-33(45)23(8)41-52(46,51-25-15-13-12-14-16-25)49-19-35(11-3)28(50-32(44)22(6)7)26(18-48-35)42-20-37-27-29(38-31(43)21(4)5)39-34(36)40-30(27)42/h3,12-16,20-24,26,28H,9-10,17-19H2,1-2,4-8H3,(H,41,46)(H,38,39,40,43)/t23-,26+,28-,35+,52-/m0/s1. The van der Waals surface area contributed by atoms with Crippen molar-refractivity contribution >= 4 is 54.2 Å². The Morgan fingerprint density at radius 2 is 1.79 bits per heavy atom. The lowest BCUT2D eigenvalue weighted by atomic mass is 9.95. The molecule has 0 unspecified atom stereocenters. The molecule has 0 radical (unpaired) electrons. The lowest BCUT2D eigenvalue weighted by Crippen LogP contribution is -2.48. The van der Waals surface area contributed by atoms with Crippen molar-refractivity contribution in [1.82, 2.24) is 24.6 Å². The minimum atomic E-state index is -4.42. The number of carbonyl (C=O) groups excluding carboxylic acids is 3. The summed E-state index contributed by atoms with van der Waals surface area (Å²) in [5, 5.41) is 5.20. The summed E-state index contributed by atoms with van der Waals surface area (Å²) in [4.78, 5) is 51.5. The Balaban J connectivity index is 1.68. The summed E-state index contributed by atoms with van der Waals surface area (Å²) < 4.78 is 45.4. The van der Waals surface area contributed by atoms with Gasteiger partial charge in [0.05, 0.1) is 25.5 Å². The van der Waals surface area contributed by atoms with Gasteiger partial charge in [0.1, 0.15) is 24.4 Å². The van der Waals surface area contributed by atoms with Gasteiger partial charge in [-0.05, 0) is 36.6 Å². The molecule has 1 aromatic carbocycles. The first-order chi connectivity index (χ1) is 24.7. The SMILES string of the molecule is C#C[C@]1(CO[P@@](=O)(N[C@@H](C)C(=O)OCC(CC)CC)Oc2ccccc2)OC[C@@H](n2cnc3c(NC(=O)C(C)C)nc(Cl)nc32)[C@@H]1OC(=O)C(C)C. The number of aromatic nitrogens is 4. The number of esters is 2. The highest BCUT2D eigenvalue weighted by Gasteiger charge is 2.55. The first-order valence-corrected chi connectivity index (χ1v) is 19.0. The summed E-state index contributed by atoms with van der Waals surface area (Å²) in [6.45, 7) is 11.7. The fourth-order valence-electron chi connectivity index (χ4n) is 5.18. The number of anilines is 1. The maximum atomic E-state index is 14.4. The van der Waals surface area contributed by atoms with Gasteiger partial charge in [0, 0.05) is 5.92 Å². The Kier molecular flexibility index (Phi) is 13.8. The number of ether oxygens (including phenoxy) is 3. The Bertz CT molecular complexity index is 1810. The maximum absolute atomic E-state index is 14.4. The van der Waals surface area contributed by atoms with E-state index in [0.717, 1.165) is 12.8 Å². The zero-order valence-corrected chi connectivity index (χ0v) is 32.0. The minimum absolute atomic E-state index is 0.0891. The molecular formula is C35H46ClN6O9P. The predicted octanol–water partition coefficient (Wildman–Crippen LogP) is 5.75. The first kappa shape index (κ1) is 40.7. The third kappa shape index (κ3) is 9.67. The second-order valence-electron chi connectivity index (χ2n) is 13.1. The fourth-order valence-corrected chi connectivity index (χ4v) is 6.86. The summed E-state index contributed by atoms with van der Waals surface area (Å²) >= 11 is 6.28. The van der Waals surface area contributed by atoms with E-state index in [4.69, 9.17) is 41.3 Å². The van der Waals surface area contributed by atoms with Crippen molar-refractivity contribution in [1.29, 1.82) is 0 Å². The second kappa shape index (κ2) is 17.6. The lowest BCUT2D eigenvalue weighted by molar-refractivity contribution is -0.162. The number of nitrogens with one attached hydrogen (secondary N) is 2. The third-order valence-electron chi connectivity index (χ3n) is 8.54. The number of halogens is 1. The van der Waals surface area contributed by atoms with Crippen LogP contribution in [0.3, 0.4) is 0 Å². The first-order valence-electron chi connectivity index (χ1n) is 17.1. The van der Waals surface area contributed by atoms with Crippen LogP contribution < -0.4 is 14.9 Å². The zero-order valence-electron chi connectivity index (χ0n) is 30.3. The summed E-state index contributed by atoms with van der Waals surface area (Å²) in [6, 6.07) is 6.25. The van der Waals surface area contributed by atoms with Crippen molar-refractivity contribution in [3.05, 3.63) is 41.9 Å². The number of nitrogens with zero attached hydrogens (tertiary/aromatic N) is 4. The largest absolute Gasteiger partial charge is 0.464 e. The summed E-state index contributed by atoms with van der Waals surface area (Å²) in [7, 11) is -4.42. The van der Waals surface area contributed by atoms with Crippen molar-refractivity contribution in [3.8, 4) is 18.1 Å². The smallest absolute Gasteiger partial charge is 0.459 e. The molecule has 1 amide bonds. The van der Waals surface area contributed by atoms with Crippen LogP contribution >= 0.6 is 19.3 Å². The molecule has 1 aliphatic rings. The van der Waals surface area contributed by atoms with Gasteiger partial charge in [0.2, 0.25) is 11.2 Å². The van der Waals surface area contributed by atoms with Gasteiger partial charge in [-0.2, -0.15) is 15.1 Å². The van der Waals surface area contributed by atoms with E-state index in [9.17, 15) is 18.9 Å². The van der Waals surface area contributed by atoms with E-state index in [-0.39, 0.29) is 59.0 Å². The predicted molar refractivity (Wildman–Crippen MR) is 193 cm³/mol. The quantitative estimate of drug-likeness (QED) is 0.0736. The van der Waals surface area contributed by atoms with Crippen molar-refractivity contribution in [2.45, 2.75) is 85.1 Å². The van der Waals surface area contributed by atoms with Crippen molar-refractivity contribution in [2.75, 3.05) is 25.1 Å². The van der Waals surface area contributed by atoms with Crippen molar-refractivity contribution in [2.24, 2.45) is 17.8 Å². The highest BCUT2D eigenvalue weighted by atomic mass is 35.5. The van der Waals surface area contributed by atoms with Crippen LogP contribution in [0.1, 0.15) is 67.3 Å². The number of terminal acetylenes is 1. The number of benzene rings is 1. The van der Waals surface area contributed by atoms with Crippen molar-refractivity contribution < 1.29 is 42.2 Å². The van der Waals surface area contributed by atoms with Gasteiger partial charge >= 0.3 is 19.7 Å². The van der Waals surface area contributed by atoms with E-state index in [2.05, 4.69) is 31.3 Å². The molecule has 4 rings (SSSR count). The Hall–Kier alpha value is -4.06. The van der Waals surface area contributed by atoms with Crippen LogP contribution in [0.2, 0.25) is 5.28 Å². The minimum Gasteiger partial charge on any atom is -0.464 e. The third-order valence-corrected chi connectivity index (χ3v) is 10.3. The number of fused-ring (bicyclic) bond motifs is 1. The lowest BCUT2D eigenvalue weighted by Gasteiger charge is -2.33. The highest BCUT2D eigenvalue weighted by Crippen LogP contribution is 2.48. The summed E-state index contributed by atoms with van der Waals surface area (Å²) in [6.07, 6.45) is 7.92. The molecular weight excluding hydrogens is 715 g/mol. The molecule has 2 aromatic heterocycles. The molecule has 1 fully saturated rings. The van der Waals surface area contributed by atoms with E-state index < -0.39 is 56.0 Å². The van der Waals surface area contributed by atoms with Gasteiger partial charge in [-0.15, -0.1) is 6.42 Å². The molecule has 5 atom stereocenters. The Morgan fingerprint density at radius 1 is 1.10 bits per heavy atom. The van der Waals surface area contributed by atoms with E-state index in [1.807, 2.05) is 13.8 Å². The molecule has 15 nitrogen and oxygen atoms in total.